The highest BCUT2D eigenvalue weighted by Gasteiger charge is 2.31. The van der Waals surface area contributed by atoms with Crippen molar-refractivity contribution in [2.75, 3.05) is 38.0 Å². The van der Waals surface area contributed by atoms with Crippen LogP contribution in [0, 0.1) is 11.6 Å². The van der Waals surface area contributed by atoms with Crippen molar-refractivity contribution in [2.45, 2.75) is 18.9 Å². The molecule has 0 aliphatic carbocycles. The van der Waals surface area contributed by atoms with E-state index in [0.29, 0.717) is 6.42 Å². The van der Waals surface area contributed by atoms with E-state index in [1.807, 2.05) is 12.1 Å². The number of benzene rings is 2. The van der Waals surface area contributed by atoms with E-state index in [1.54, 1.807) is 6.07 Å². The summed E-state index contributed by atoms with van der Waals surface area (Å²) in [6.45, 7) is 5.40. The van der Waals surface area contributed by atoms with Crippen molar-refractivity contribution in [1.82, 2.24) is 9.80 Å². The third-order valence-electron chi connectivity index (χ3n) is 5.48. The summed E-state index contributed by atoms with van der Waals surface area (Å²) in [5.74, 6) is -0.816. The van der Waals surface area contributed by atoms with Crippen molar-refractivity contribution in [3.8, 4) is 0 Å². The molecule has 6 heteroatoms. The maximum atomic E-state index is 13.5. The van der Waals surface area contributed by atoms with Crippen LogP contribution in [-0.4, -0.2) is 48.4 Å². The van der Waals surface area contributed by atoms with E-state index in [4.69, 9.17) is 0 Å². The lowest BCUT2D eigenvalue weighted by molar-refractivity contribution is -0.117. The second-order valence-corrected chi connectivity index (χ2v) is 7.31. The molecule has 0 radical (unpaired) electrons. The van der Waals surface area contributed by atoms with E-state index in [2.05, 4.69) is 15.1 Å². The molecule has 142 valence electrons. The SMILES string of the molecule is O=C1Nc2ccc(F)cc2C1CCN1CCN(Cc2ccc(F)cc2)CC1. The molecule has 2 aromatic rings. The van der Waals surface area contributed by atoms with Gasteiger partial charge in [0, 0.05) is 38.4 Å². The van der Waals surface area contributed by atoms with E-state index in [9.17, 15) is 13.6 Å². The third-order valence-corrected chi connectivity index (χ3v) is 5.48. The summed E-state index contributed by atoms with van der Waals surface area (Å²) in [5.41, 5.74) is 2.62. The average Bonchev–Trinajstić information content (AvgIpc) is 2.97. The van der Waals surface area contributed by atoms with E-state index in [-0.39, 0.29) is 23.5 Å². The lowest BCUT2D eigenvalue weighted by atomic mass is 9.97. The fraction of sp³-hybridized carbons (Fsp3) is 0.381. The van der Waals surface area contributed by atoms with Gasteiger partial charge in [-0.15, -0.1) is 0 Å². The lowest BCUT2D eigenvalue weighted by Gasteiger charge is -2.35. The number of hydrogen-bond acceptors (Lipinski definition) is 3. The fourth-order valence-electron chi connectivity index (χ4n) is 3.91. The van der Waals surface area contributed by atoms with Crippen LogP contribution < -0.4 is 5.32 Å². The number of rotatable bonds is 5. The summed E-state index contributed by atoms with van der Waals surface area (Å²) in [6.07, 6.45) is 0.695. The molecule has 2 aromatic carbocycles. The summed E-state index contributed by atoms with van der Waals surface area (Å²) in [7, 11) is 0. The first-order valence-corrected chi connectivity index (χ1v) is 9.38. The van der Waals surface area contributed by atoms with Crippen LogP contribution in [0.15, 0.2) is 42.5 Å². The van der Waals surface area contributed by atoms with Gasteiger partial charge in [-0.05, 0) is 54.4 Å². The van der Waals surface area contributed by atoms with Gasteiger partial charge in [-0.3, -0.25) is 9.69 Å². The molecule has 1 amide bonds. The monoisotopic (exact) mass is 371 g/mol. The molecular weight excluding hydrogens is 348 g/mol. The summed E-state index contributed by atoms with van der Waals surface area (Å²) in [5, 5.41) is 2.84. The summed E-state index contributed by atoms with van der Waals surface area (Å²) in [6, 6.07) is 11.1. The van der Waals surface area contributed by atoms with Crippen LogP contribution in [0.4, 0.5) is 14.5 Å². The molecule has 1 saturated heterocycles. The molecule has 4 nitrogen and oxygen atoms in total. The van der Waals surface area contributed by atoms with Gasteiger partial charge in [0.05, 0.1) is 5.92 Å². The summed E-state index contributed by atoms with van der Waals surface area (Å²) >= 11 is 0. The quantitative estimate of drug-likeness (QED) is 0.877. The number of fused-ring (bicyclic) bond motifs is 1. The Hall–Kier alpha value is -2.31. The Morgan fingerprint density at radius 3 is 2.33 bits per heavy atom. The number of amides is 1. The zero-order chi connectivity index (χ0) is 18.8. The van der Waals surface area contributed by atoms with Crippen molar-refractivity contribution in [1.29, 1.82) is 0 Å². The van der Waals surface area contributed by atoms with Gasteiger partial charge in [-0.2, -0.15) is 0 Å². The number of nitrogens with zero attached hydrogens (tertiary/aromatic N) is 2. The van der Waals surface area contributed by atoms with Crippen molar-refractivity contribution in [2.24, 2.45) is 0 Å². The number of carbonyl (C=O) groups excluding carboxylic acids is 1. The molecule has 2 aliphatic rings. The van der Waals surface area contributed by atoms with Gasteiger partial charge in [0.15, 0.2) is 0 Å². The predicted octanol–water partition coefficient (Wildman–Crippen LogP) is 3.21. The van der Waals surface area contributed by atoms with Crippen LogP contribution in [0.5, 0.6) is 0 Å². The Bertz CT molecular complexity index is 817. The lowest BCUT2D eigenvalue weighted by Crippen LogP contribution is -2.46. The van der Waals surface area contributed by atoms with Gasteiger partial charge in [-0.25, -0.2) is 8.78 Å². The molecule has 0 bridgehead atoms. The van der Waals surface area contributed by atoms with Crippen LogP contribution in [0.1, 0.15) is 23.5 Å². The first-order valence-electron chi connectivity index (χ1n) is 9.38. The van der Waals surface area contributed by atoms with Gasteiger partial charge in [0.25, 0.3) is 0 Å². The zero-order valence-corrected chi connectivity index (χ0v) is 15.1. The highest BCUT2D eigenvalue weighted by Crippen LogP contribution is 2.35. The molecule has 4 rings (SSSR count). The van der Waals surface area contributed by atoms with E-state index < -0.39 is 0 Å². The molecule has 0 spiro atoms. The zero-order valence-electron chi connectivity index (χ0n) is 15.1. The van der Waals surface area contributed by atoms with Gasteiger partial charge in [0.1, 0.15) is 11.6 Å². The third kappa shape index (κ3) is 4.17. The van der Waals surface area contributed by atoms with Gasteiger partial charge < -0.3 is 10.2 Å². The van der Waals surface area contributed by atoms with Crippen molar-refractivity contribution < 1.29 is 13.6 Å². The van der Waals surface area contributed by atoms with Crippen molar-refractivity contribution in [3.05, 3.63) is 65.2 Å². The Morgan fingerprint density at radius 1 is 0.926 bits per heavy atom. The number of hydrogen-bond donors (Lipinski definition) is 1. The Morgan fingerprint density at radius 2 is 1.59 bits per heavy atom. The minimum absolute atomic E-state index is 0.0365. The predicted molar refractivity (Wildman–Crippen MR) is 101 cm³/mol. The van der Waals surface area contributed by atoms with Crippen LogP contribution in [0.2, 0.25) is 0 Å². The molecular formula is C21H23F2N3O. The number of carbonyl (C=O) groups is 1. The van der Waals surface area contributed by atoms with Crippen LogP contribution >= 0.6 is 0 Å². The van der Waals surface area contributed by atoms with Crippen molar-refractivity contribution >= 4 is 11.6 Å². The fourth-order valence-corrected chi connectivity index (χ4v) is 3.91. The smallest absolute Gasteiger partial charge is 0.232 e. The number of piperazine rings is 1. The molecule has 1 atom stereocenters. The number of nitrogens with one attached hydrogen (secondary N) is 1. The Kier molecular flexibility index (Phi) is 5.18. The maximum absolute atomic E-state index is 13.5. The normalized spacial score (nSPS) is 20.5. The number of anilines is 1. The first kappa shape index (κ1) is 18.1. The molecule has 2 aliphatic heterocycles. The maximum Gasteiger partial charge on any atom is 0.232 e. The molecule has 0 saturated carbocycles. The van der Waals surface area contributed by atoms with Gasteiger partial charge in [-0.1, -0.05) is 12.1 Å². The van der Waals surface area contributed by atoms with Gasteiger partial charge in [0.2, 0.25) is 5.91 Å². The van der Waals surface area contributed by atoms with Gasteiger partial charge >= 0.3 is 0 Å². The largest absolute Gasteiger partial charge is 0.325 e. The molecule has 1 unspecified atom stereocenters. The number of halogens is 2. The highest BCUT2D eigenvalue weighted by molar-refractivity contribution is 6.02. The highest BCUT2D eigenvalue weighted by atomic mass is 19.1. The topological polar surface area (TPSA) is 35.6 Å². The first-order chi connectivity index (χ1) is 13.1. The van der Waals surface area contributed by atoms with E-state index in [1.165, 1.54) is 24.3 Å². The minimum Gasteiger partial charge on any atom is -0.325 e. The Labute approximate surface area is 157 Å². The molecule has 0 aromatic heterocycles. The van der Waals surface area contributed by atoms with Crippen LogP contribution in [-0.2, 0) is 11.3 Å². The molecule has 27 heavy (non-hydrogen) atoms. The Balaban J connectivity index is 1.27. The van der Waals surface area contributed by atoms with E-state index >= 15 is 0 Å². The molecule has 1 N–H and O–H groups in total. The summed E-state index contributed by atoms with van der Waals surface area (Å²) in [4.78, 5) is 16.9. The standard InChI is InChI=1S/C21H23F2N3O/c22-16-3-1-15(2-4-16)14-26-11-9-25(10-12-26)8-7-18-19-13-17(23)5-6-20(19)24-21(18)27/h1-6,13,18H,7-12,14H2,(H,24,27). The van der Waals surface area contributed by atoms with E-state index in [0.717, 1.165) is 56.1 Å². The second-order valence-electron chi connectivity index (χ2n) is 7.31. The summed E-state index contributed by atoms with van der Waals surface area (Å²) < 4.78 is 26.5. The van der Waals surface area contributed by atoms with Crippen LogP contribution in [0.25, 0.3) is 0 Å². The van der Waals surface area contributed by atoms with Crippen LogP contribution in [0.3, 0.4) is 0 Å². The second kappa shape index (κ2) is 7.74. The molecule has 1 fully saturated rings. The molecule has 2 heterocycles. The average molecular weight is 371 g/mol. The minimum atomic E-state index is -0.301. The van der Waals surface area contributed by atoms with Crippen molar-refractivity contribution in [3.63, 3.8) is 0 Å².